The van der Waals surface area contributed by atoms with Gasteiger partial charge >= 0.3 is 5.97 Å². The van der Waals surface area contributed by atoms with Crippen molar-refractivity contribution < 1.29 is 19.0 Å². The second-order valence-electron chi connectivity index (χ2n) is 7.33. The summed E-state index contributed by atoms with van der Waals surface area (Å²) in [6.45, 7) is 5.23. The van der Waals surface area contributed by atoms with Crippen molar-refractivity contribution in [2.75, 3.05) is 18.0 Å². The van der Waals surface area contributed by atoms with Crippen LogP contribution in [0.1, 0.15) is 19.5 Å². The van der Waals surface area contributed by atoms with Crippen LogP contribution in [0.2, 0.25) is 0 Å². The molecule has 4 heterocycles. The normalized spacial score (nSPS) is 19.5. The maximum absolute atomic E-state index is 14.4. The van der Waals surface area contributed by atoms with Gasteiger partial charge in [-0.05, 0) is 32.0 Å². The third-order valence-electron chi connectivity index (χ3n) is 4.75. The van der Waals surface area contributed by atoms with E-state index >= 15 is 0 Å². The number of nitrogens with zero attached hydrogens (tertiary/aromatic N) is 4. The van der Waals surface area contributed by atoms with Crippen LogP contribution in [-0.4, -0.2) is 51.3 Å². The average Bonchev–Trinajstić information content (AvgIpc) is 2.65. The number of halogens is 1. The summed E-state index contributed by atoms with van der Waals surface area (Å²) in [5.74, 6) is -0.802. The van der Waals surface area contributed by atoms with Crippen molar-refractivity contribution in [3.05, 3.63) is 48.0 Å². The lowest BCUT2D eigenvalue weighted by molar-refractivity contribution is -0.136. The smallest absolute Gasteiger partial charge is 0.309 e. The molecule has 0 amide bonds. The van der Waals surface area contributed by atoms with E-state index in [1.165, 1.54) is 12.1 Å². The fourth-order valence-corrected chi connectivity index (χ4v) is 3.59. The average molecular weight is 396 g/mol. The van der Waals surface area contributed by atoms with Crippen molar-refractivity contribution in [2.24, 2.45) is 0 Å². The standard InChI is InChI=1S/C21H21FN4O3/c1-12-10-26(11-13(2)29-12)20-6-15(22)5-19(25-20)17-4-3-14-9-23-16(8-21(27)28)7-18(14)24-17/h3-7,9,12-13H,8,10-11H2,1-2H3,(H,27,28)/t12-,13+. The molecule has 3 aromatic heterocycles. The first-order chi connectivity index (χ1) is 13.9. The molecular formula is C21H21FN4O3. The number of aliphatic carboxylic acids is 1. The quantitative estimate of drug-likeness (QED) is 0.725. The summed E-state index contributed by atoms with van der Waals surface area (Å²) < 4.78 is 20.1. The van der Waals surface area contributed by atoms with Crippen LogP contribution in [0.5, 0.6) is 0 Å². The second kappa shape index (κ2) is 7.71. The Hall–Kier alpha value is -3.13. The highest BCUT2D eigenvalue weighted by atomic mass is 19.1. The van der Waals surface area contributed by atoms with Crippen LogP contribution >= 0.6 is 0 Å². The molecule has 0 aromatic carbocycles. The molecule has 1 saturated heterocycles. The number of hydrogen-bond donors (Lipinski definition) is 1. The molecule has 8 heteroatoms. The van der Waals surface area contributed by atoms with Crippen molar-refractivity contribution >= 4 is 22.7 Å². The third-order valence-corrected chi connectivity index (χ3v) is 4.75. The lowest BCUT2D eigenvalue weighted by atomic mass is 10.1. The van der Waals surface area contributed by atoms with Gasteiger partial charge in [-0.25, -0.2) is 14.4 Å². The number of morpholine rings is 1. The van der Waals surface area contributed by atoms with Crippen LogP contribution in [0.4, 0.5) is 10.2 Å². The van der Waals surface area contributed by atoms with Crippen molar-refractivity contribution in [2.45, 2.75) is 32.5 Å². The first kappa shape index (κ1) is 19.2. The molecule has 150 valence electrons. The number of fused-ring (bicyclic) bond motifs is 1. The molecule has 4 rings (SSSR count). The van der Waals surface area contributed by atoms with E-state index in [2.05, 4.69) is 15.0 Å². The number of rotatable bonds is 4. The predicted octanol–water partition coefficient (Wildman–Crippen LogP) is 3.07. The molecule has 0 unspecified atom stereocenters. The zero-order valence-electron chi connectivity index (χ0n) is 16.2. The predicted molar refractivity (Wildman–Crippen MR) is 106 cm³/mol. The van der Waals surface area contributed by atoms with Gasteiger partial charge in [0.15, 0.2) is 0 Å². The van der Waals surface area contributed by atoms with E-state index in [0.29, 0.717) is 41.5 Å². The summed E-state index contributed by atoms with van der Waals surface area (Å²) in [6, 6.07) is 7.99. The van der Waals surface area contributed by atoms with Gasteiger partial charge in [-0.3, -0.25) is 9.78 Å². The zero-order valence-corrected chi connectivity index (χ0v) is 16.2. The molecule has 2 atom stereocenters. The minimum Gasteiger partial charge on any atom is -0.481 e. The molecule has 1 fully saturated rings. The van der Waals surface area contributed by atoms with Gasteiger partial charge in [0.25, 0.3) is 0 Å². The maximum atomic E-state index is 14.4. The Balaban J connectivity index is 1.71. The Morgan fingerprint density at radius 1 is 1.17 bits per heavy atom. The summed E-state index contributed by atoms with van der Waals surface area (Å²) in [7, 11) is 0. The van der Waals surface area contributed by atoms with Crippen LogP contribution in [-0.2, 0) is 16.0 Å². The molecule has 0 radical (unpaired) electrons. The number of carbonyl (C=O) groups is 1. The molecule has 29 heavy (non-hydrogen) atoms. The van der Waals surface area contributed by atoms with Crippen molar-refractivity contribution in [3.8, 4) is 11.4 Å². The van der Waals surface area contributed by atoms with Gasteiger partial charge in [0.05, 0.1) is 41.2 Å². The van der Waals surface area contributed by atoms with Crippen LogP contribution in [0.3, 0.4) is 0 Å². The summed E-state index contributed by atoms with van der Waals surface area (Å²) >= 11 is 0. The van der Waals surface area contributed by atoms with E-state index in [4.69, 9.17) is 9.84 Å². The number of ether oxygens (including phenoxy) is 1. The van der Waals surface area contributed by atoms with E-state index in [9.17, 15) is 9.18 Å². The largest absolute Gasteiger partial charge is 0.481 e. The second-order valence-corrected chi connectivity index (χ2v) is 7.33. The number of carboxylic acids is 1. The van der Waals surface area contributed by atoms with Gasteiger partial charge in [-0.2, -0.15) is 0 Å². The Labute approximate surface area is 167 Å². The number of hydrogen-bond acceptors (Lipinski definition) is 6. The number of anilines is 1. The highest BCUT2D eigenvalue weighted by molar-refractivity contribution is 5.81. The topological polar surface area (TPSA) is 88.4 Å². The van der Waals surface area contributed by atoms with Gasteiger partial charge in [-0.15, -0.1) is 0 Å². The van der Waals surface area contributed by atoms with Gasteiger partial charge in [0.2, 0.25) is 0 Å². The molecule has 0 aliphatic carbocycles. The van der Waals surface area contributed by atoms with E-state index in [0.717, 1.165) is 5.39 Å². The number of pyridine rings is 3. The SMILES string of the molecule is C[C@@H]1CN(c2cc(F)cc(-c3ccc4cnc(CC(=O)O)cc4n3)n2)C[C@H](C)O1. The van der Waals surface area contributed by atoms with Crippen LogP contribution in [0, 0.1) is 5.82 Å². The van der Waals surface area contributed by atoms with Crippen LogP contribution in [0.25, 0.3) is 22.3 Å². The monoisotopic (exact) mass is 396 g/mol. The van der Waals surface area contributed by atoms with E-state index in [1.54, 1.807) is 18.3 Å². The summed E-state index contributed by atoms with van der Waals surface area (Å²) in [4.78, 5) is 26.3. The van der Waals surface area contributed by atoms with Crippen LogP contribution < -0.4 is 4.90 Å². The summed E-state index contributed by atoms with van der Waals surface area (Å²) in [5, 5.41) is 9.74. The molecule has 3 aromatic rings. The maximum Gasteiger partial charge on any atom is 0.309 e. The van der Waals surface area contributed by atoms with Crippen LogP contribution in [0.15, 0.2) is 36.5 Å². The fraction of sp³-hybridized carbons (Fsp3) is 0.333. The molecular weight excluding hydrogens is 375 g/mol. The van der Waals surface area contributed by atoms with Gasteiger partial charge in [0, 0.05) is 36.8 Å². The molecule has 0 saturated carbocycles. The van der Waals surface area contributed by atoms with Crippen molar-refractivity contribution in [3.63, 3.8) is 0 Å². The van der Waals surface area contributed by atoms with Gasteiger partial charge in [-0.1, -0.05) is 0 Å². The van der Waals surface area contributed by atoms with Crippen molar-refractivity contribution in [1.82, 2.24) is 15.0 Å². The lowest BCUT2D eigenvalue weighted by Gasteiger charge is -2.36. The van der Waals surface area contributed by atoms with E-state index in [1.807, 2.05) is 24.8 Å². The molecule has 1 aliphatic rings. The van der Waals surface area contributed by atoms with E-state index < -0.39 is 5.97 Å². The molecule has 1 aliphatic heterocycles. The van der Waals surface area contributed by atoms with Gasteiger partial charge in [0.1, 0.15) is 11.6 Å². The highest BCUT2D eigenvalue weighted by Crippen LogP contribution is 2.25. The lowest BCUT2D eigenvalue weighted by Crippen LogP contribution is -2.45. The highest BCUT2D eigenvalue weighted by Gasteiger charge is 2.24. The number of carboxylic acid groups (broad SMARTS) is 1. The fourth-order valence-electron chi connectivity index (χ4n) is 3.59. The zero-order chi connectivity index (χ0) is 20.5. The van der Waals surface area contributed by atoms with Crippen molar-refractivity contribution in [1.29, 1.82) is 0 Å². The Morgan fingerprint density at radius 2 is 1.93 bits per heavy atom. The third kappa shape index (κ3) is 4.32. The Bertz CT molecular complexity index is 1060. The Morgan fingerprint density at radius 3 is 2.66 bits per heavy atom. The minimum absolute atomic E-state index is 0.0335. The molecule has 0 bridgehead atoms. The van der Waals surface area contributed by atoms with E-state index in [-0.39, 0.29) is 24.4 Å². The summed E-state index contributed by atoms with van der Waals surface area (Å²) in [6.07, 6.45) is 1.47. The molecule has 0 spiro atoms. The Kier molecular flexibility index (Phi) is 5.10. The molecule has 1 N–H and O–H groups in total. The first-order valence-electron chi connectivity index (χ1n) is 9.43. The summed E-state index contributed by atoms with van der Waals surface area (Å²) in [5.41, 5.74) is 1.94. The van der Waals surface area contributed by atoms with Gasteiger partial charge < -0.3 is 14.7 Å². The first-order valence-corrected chi connectivity index (χ1v) is 9.43. The molecule has 7 nitrogen and oxygen atoms in total. The number of aromatic nitrogens is 3. The minimum atomic E-state index is -0.960.